The second kappa shape index (κ2) is 3.90. The van der Waals surface area contributed by atoms with Gasteiger partial charge < -0.3 is 0 Å². The molecular formula is C9H3BrFN. The number of nitrogens with zero attached hydrogens (tertiary/aromatic N) is 1. The van der Waals surface area contributed by atoms with Crippen molar-refractivity contribution in [2.45, 2.75) is 0 Å². The molecule has 0 amide bonds. The molecule has 3 heteroatoms. The summed E-state index contributed by atoms with van der Waals surface area (Å²) >= 11 is 3.11. The molecule has 0 atom stereocenters. The summed E-state index contributed by atoms with van der Waals surface area (Å²) in [6.07, 6.45) is 0. The molecule has 0 N–H and O–H groups in total. The van der Waals surface area contributed by atoms with E-state index in [0.29, 0.717) is 10.0 Å². The summed E-state index contributed by atoms with van der Waals surface area (Å²) in [5, 5.41) is 8.14. The highest BCUT2D eigenvalue weighted by Gasteiger charge is 1.94. The Morgan fingerprint density at radius 2 is 2.08 bits per heavy atom. The lowest BCUT2D eigenvalue weighted by Gasteiger charge is -1.92. The van der Waals surface area contributed by atoms with Crippen molar-refractivity contribution in [3.05, 3.63) is 34.1 Å². The van der Waals surface area contributed by atoms with E-state index in [1.807, 2.05) is 0 Å². The van der Waals surface area contributed by atoms with Crippen LogP contribution in [0.3, 0.4) is 0 Å². The van der Waals surface area contributed by atoms with Crippen LogP contribution in [0.4, 0.5) is 4.39 Å². The summed E-state index contributed by atoms with van der Waals surface area (Å²) in [7, 11) is 0. The lowest BCUT2D eigenvalue weighted by atomic mass is 10.2. The van der Waals surface area contributed by atoms with Crippen LogP contribution in [0.2, 0.25) is 0 Å². The van der Waals surface area contributed by atoms with E-state index >= 15 is 0 Å². The van der Waals surface area contributed by atoms with E-state index in [1.165, 1.54) is 12.1 Å². The Morgan fingerprint density at radius 1 is 1.33 bits per heavy atom. The Morgan fingerprint density at radius 3 is 2.67 bits per heavy atom. The first kappa shape index (κ1) is 8.77. The van der Waals surface area contributed by atoms with Crippen LogP contribution in [0.25, 0.3) is 0 Å². The molecular weight excluding hydrogens is 221 g/mol. The van der Waals surface area contributed by atoms with E-state index in [1.54, 1.807) is 12.1 Å². The number of halogens is 2. The lowest BCUT2D eigenvalue weighted by Crippen LogP contribution is -1.78. The number of hydrogen-bond acceptors (Lipinski definition) is 1. The summed E-state index contributed by atoms with van der Waals surface area (Å²) in [4.78, 5) is 0. The maximum atomic E-state index is 12.7. The highest BCUT2D eigenvalue weighted by Crippen LogP contribution is 2.13. The van der Waals surface area contributed by atoms with Crippen molar-refractivity contribution in [2.24, 2.45) is 0 Å². The van der Waals surface area contributed by atoms with Crippen molar-refractivity contribution in [1.82, 2.24) is 0 Å². The van der Waals surface area contributed by atoms with Gasteiger partial charge in [0.15, 0.2) is 6.07 Å². The first-order chi connectivity index (χ1) is 5.72. The smallest absolute Gasteiger partial charge is 0.152 e. The summed E-state index contributed by atoms with van der Waals surface area (Å²) < 4.78 is 13.3. The molecule has 0 unspecified atom stereocenters. The van der Waals surface area contributed by atoms with Gasteiger partial charge in [-0.1, -0.05) is 21.9 Å². The summed E-state index contributed by atoms with van der Waals surface area (Å²) in [6.45, 7) is 0. The van der Waals surface area contributed by atoms with Crippen LogP contribution in [0, 0.1) is 29.0 Å². The standard InChI is InChI=1S/C9H3BrFN/c10-8-4-7(2-1-3-12)5-9(11)6-8/h4-6H. The Labute approximate surface area is 78.0 Å². The third-order valence-electron chi connectivity index (χ3n) is 1.13. The monoisotopic (exact) mass is 223 g/mol. The Hall–Kier alpha value is -1.32. The number of hydrogen-bond donors (Lipinski definition) is 0. The molecule has 0 saturated heterocycles. The fourth-order valence-electron chi connectivity index (χ4n) is 0.726. The van der Waals surface area contributed by atoms with E-state index in [4.69, 9.17) is 5.26 Å². The van der Waals surface area contributed by atoms with E-state index in [-0.39, 0.29) is 5.82 Å². The molecule has 58 valence electrons. The van der Waals surface area contributed by atoms with Crippen LogP contribution >= 0.6 is 15.9 Å². The highest BCUT2D eigenvalue weighted by molar-refractivity contribution is 9.10. The van der Waals surface area contributed by atoms with E-state index < -0.39 is 0 Å². The predicted molar refractivity (Wildman–Crippen MR) is 46.6 cm³/mol. The van der Waals surface area contributed by atoms with Crippen molar-refractivity contribution < 1.29 is 4.39 Å². The average Bonchev–Trinajstić information content (AvgIpc) is 1.99. The molecule has 0 aliphatic carbocycles. The van der Waals surface area contributed by atoms with Crippen LogP contribution in [0.5, 0.6) is 0 Å². The molecule has 0 fully saturated rings. The van der Waals surface area contributed by atoms with Crippen LogP contribution in [0.1, 0.15) is 5.56 Å². The molecule has 0 aromatic heterocycles. The SMILES string of the molecule is N#CC#Cc1cc(F)cc(Br)c1. The van der Waals surface area contributed by atoms with E-state index in [9.17, 15) is 4.39 Å². The van der Waals surface area contributed by atoms with Crippen molar-refractivity contribution >= 4 is 15.9 Å². The minimum atomic E-state index is -0.369. The maximum absolute atomic E-state index is 12.7. The molecule has 0 saturated carbocycles. The molecule has 0 heterocycles. The second-order valence-corrected chi connectivity index (χ2v) is 2.94. The highest BCUT2D eigenvalue weighted by atomic mass is 79.9. The molecule has 0 radical (unpaired) electrons. The van der Waals surface area contributed by atoms with Crippen molar-refractivity contribution in [3.8, 4) is 17.9 Å². The van der Waals surface area contributed by atoms with Gasteiger partial charge in [0, 0.05) is 16.0 Å². The zero-order chi connectivity index (χ0) is 8.97. The van der Waals surface area contributed by atoms with Gasteiger partial charge in [0.1, 0.15) is 5.82 Å². The molecule has 0 aliphatic heterocycles. The minimum absolute atomic E-state index is 0.369. The minimum Gasteiger partial charge on any atom is -0.207 e. The van der Waals surface area contributed by atoms with Crippen LogP contribution in [0.15, 0.2) is 22.7 Å². The fraction of sp³-hybridized carbons (Fsp3) is 0. The molecule has 0 spiro atoms. The molecule has 1 aromatic rings. The summed E-state index contributed by atoms with van der Waals surface area (Å²) in [5.41, 5.74) is 0.489. The third-order valence-corrected chi connectivity index (χ3v) is 1.58. The average molecular weight is 224 g/mol. The number of benzene rings is 1. The van der Waals surface area contributed by atoms with Gasteiger partial charge in [0.2, 0.25) is 0 Å². The first-order valence-corrected chi connectivity index (χ1v) is 3.88. The zero-order valence-corrected chi connectivity index (χ0v) is 7.52. The van der Waals surface area contributed by atoms with Crippen LogP contribution in [-0.4, -0.2) is 0 Å². The third kappa shape index (κ3) is 2.38. The zero-order valence-electron chi connectivity index (χ0n) is 5.94. The van der Waals surface area contributed by atoms with Gasteiger partial charge in [-0.2, -0.15) is 5.26 Å². The quantitative estimate of drug-likeness (QED) is 0.621. The normalized spacial score (nSPS) is 8.08. The van der Waals surface area contributed by atoms with Gasteiger partial charge in [0.05, 0.1) is 0 Å². The van der Waals surface area contributed by atoms with Gasteiger partial charge in [-0.3, -0.25) is 0 Å². The van der Waals surface area contributed by atoms with Gasteiger partial charge in [-0.25, -0.2) is 4.39 Å². The molecule has 12 heavy (non-hydrogen) atoms. The van der Waals surface area contributed by atoms with E-state index in [2.05, 4.69) is 27.8 Å². The number of nitriles is 1. The largest absolute Gasteiger partial charge is 0.207 e. The first-order valence-electron chi connectivity index (χ1n) is 3.08. The summed E-state index contributed by atoms with van der Waals surface area (Å²) in [6, 6.07) is 5.91. The van der Waals surface area contributed by atoms with Gasteiger partial charge in [0.25, 0.3) is 0 Å². The van der Waals surface area contributed by atoms with Crippen molar-refractivity contribution in [3.63, 3.8) is 0 Å². The molecule has 1 nitrogen and oxygen atoms in total. The molecule has 0 bridgehead atoms. The number of rotatable bonds is 0. The van der Waals surface area contributed by atoms with Crippen LogP contribution < -0.4 is 0 Å². The molecule has 1 rings (SSSR count). The van der Waals surface area contributed by atoms with E-state index in [0.717, 1.165) is 0 Å². The Bertz CT molecular complexity index is 375. The summed E-state index contributed by atoms with van der Waals surface area (Å²) in [5.74, 6) is 4.31. The van der Waals surface area contributed by atoms with Crippen molar-refractivity contribution in [2.75, 3.05) is 0 Å². The topological polar surface area (TPSA) is 23.8 Å². The Kier molecular flexibility index (Phi) is 2.85. The van der Waals surface area contributed by atoms with Crippen LogP contribution in [-0.2, 0) is 0 Å². The maximum Gasteiger partial charge on any atom is 0.152 e. The second-order valence-electron chi connectivity index (χ2n) is 2.02. The van der Waals surface area contributed by atoms with Crippen molar-refractivity contribution in [1.29, 1.82) is 5.26 Å². The molecule has 0 aliphatic rings. The lowest BCUT2D eigenvalue weighted by molar-refractivity contribution is 0.626. The Balaban J connectivity index is 3.11. The van der Waals surface area contributed by atoms with Gasteiger partial charge in [-0.15, -0.1) is 0 Å². The molecule has 1 aromatic carbocycles. The van der Waals surface area contributed by atoms with Gasteiger partial charge >= 0.3 is 0 Å². The van der Waals surface area contributed by atoms with Gasteiger partial charge in [-0.05, 0) is 18.2 Å². The predicted octanol–water partition coefficient (Wildman–Crippen LogP) is 2.46. The fourth-order valence-corrected chi connectivity index (χ4v) is 1.19.